The molecule has 0 amide bonds. The summed E-state index contributed by atoms with van der Waals surface area (Å²) in [5.41, 5.74) is 5.36. The van der Waals surface area contributed by atoms with E-state index in [1.54, 1.807) is 0 Å². The van der Waals surface area contributed by atoms with Crippen molar-refractivity contribution in [3.8, 4) is 0 Å². The number of ether oxygens (including phenoxy) is 2. The number of carbonyl (C=O) groups excluding carboxylic acids is 2. The van der Waals surface area contributed by atoms with E-state index in [0.29, 0.717) is 6.42 Å². The van der Waals surface area contributed by atoms with Crippen molar-refractivity contribution >= 4 is 19.8 Å². The van der Waals surface area contributed by atoms with Crippen LogP contribution in [0.25, 0.3) is 0 Å². The number of allylic oxidation sites excluding steroid dienone is 8. The van der Waals surface area contributed by atoms with Crippen molar-refractivity contribution in [1.29, 1.82) is 0 Å². The van der Waals surface area contributed by atoms with Crippen LogP contribution in [0.2, 0.25) is 0 Å². The minimum Gasteiger partial charge on any atom is -0.462 e. The highest BCUT2D eigenvalue weighted by Gasteiger charge is 2.26. The summed E-state index contributed by atoms with van der Waals surface area (Å²) in [6.45, 7) is 3.65. The molecule has 0 radical (unpaired) electrons. The van der Waals surface area contributed by atoms with Gasteiger partial charge in [0.25, 0.3) is 0 Å². The molecule has 0 heterocycles. The van der Waals surface area contributed by atoms with Gasteiger partial charge in [-0.1, -0.05) is 223 Å². The number of phosphoric ester groups is 1. The molecule has 362 valence electrons. The Bertz CT molecular complexity index is 1160. The molecule has 2 unspecified atom stereocenters. The van der Waals surface area contributed by atoms with Crippen LogP contribution in [0.5, 0.6) is 0 Å². The van der Waals surface area contributed by atoms with Crippen molar-refractivity contribution in [2.24, 2.45) is 5.73 Å². The molecule has 62 heavy (non-hydrogen) atoms. The Morgan fingerprint density at radius 1 is 0.500 bits per heavy atom. The lowest BCUT2D eigenvalue weighted by molar-refractivity contribution is -0.161. The van der Waals surface area contributed by atoms with E-state index in [1.807, 2.05) is 0 Å². The Labute approximate surface area is 381 Å². The van der Waals surface area contributed by atoms with Gasteiger partial charge >= 0.3 is 19.8 Å². The van der Waals surface area contributed by atoms with Gasteiger partial charge in [0.2, 0.25) is 0 Å². The van der Waals surface area contributed by atoms with Crippen LogP contribution >= 0.6 is 7.82 Å². The van der Waals surface area contributed by atoms with Gasteiger partial charge in [-0.15, -0.1) is 0 Å². The van der Waals surface area contributed by atoms with E-state index in [1.165, 1.54) is 141 Å². The first kappa shape index (κ1) is 60.0. The maximum atomic E-state index is 12.7. The third-order valence-corrected chi connectivity index (χ3v) is 12.0. The second kappa shape index (κ2) is 48.4. The first-order valence-electron chi connectivity index (χ1n) is 25.6. The lowest BCUT2D eigenvalue weighted by atomic mass is 10.0. The van der Waals surface area contributed by atoms with Crippen LogP contribution in [0.4, 0.5) is 0 Å². The molecule has 0 aliphatic rings. The molecule has 0 aliphatic heterocycles. The molecule has 3 N–H and O–H groups in total. The number of phosphoric acid groups is 1. The first-order valence-corrected chi connectivity index (χ1v) is 27.1. The number of nitrogens with two attached hydrogens (primary N) is 1. The van der Waals surface area contributed by atoms with Gasteiger partial charge in [-0.2, -0.15) is 0 Å². The number of hydrogen-bond donors (Lipinski definition) is 2. The SMILES string of the molecule is CC/C=C\C/C=C\C/C=C\C/C=C\CCCCCCCCCCCCCCCCC(=O)OC(COC(=O)CCCCCCCCCCCCCCCC)COP(=O)(O)OCCN. The van der Waals surface area contributed by atoms with Gasteiger partial charge in [-0.25, -0.2) is 4.57 Å². The molecule has 0 aliphatic carbocycles. The zero-order valence-corrected chi connectivity index (χ0v) is 41.0. The maximum Gasteiger partial charge on any atom is 0.472 e. The molecule has 0 saturated heterocycles. The molecule has 0 spiro atoms. The van der Waals surface area contributed by atoms with Crippen molar-refractivity contribution in [3.63, 3.8) is 0 Å². The van der Waals surface area contributed by atoms with Gasteiger partial charge in [0, 0.05) is 19.4 Å². The molecule has 9 nitrogen and oxygen atoms in total. The third kappa shape index (κ3) is 47.4. The first-order chi connectivity index (χ1) is 30.3. The molecule has 0 fully saturated rings. The highest BCUT2D eigenvalue weighted by Crippen LogP contribution is 2.43. The fraction of sp³-hybridized carbons (Fsp3) is 0.808. The topological polar surface area (TPSA) is 134 Å². The molecule has 2 atom stereocenters. The van der Waals surface area contributed by atoms with Gasteiger partial charge in [0.05, 0.1) is 13.2 Å². The smallest absolute Gasteiger partial charge is 0.462 e. The zero-order valence-electron chi connectivity index (χ0n) is 40.1. The highest BCUT2D eigenvalue weighted by molar-refractivity contribution is 7.47. The fourth-order valence-electron chi connectivity index (χ4n) is 7.22. The second-order valence-electron chi connectivity index (χ2n) is 17.0. The van der Waals surface area contributed by atoms with Crippen LogP contribution in [0.1, 0.15) is 239 Å². The largest absolute Gasteiger partial charge is 0.472 e. The van der Waals surface area contributed by atoms with Crippen LogP contribution in [-0.4, -0.2) is 49.3 Å². The predicted molar refractivity (Wildman–Crippen MR) is 261 cm³/mol. The van der Waals surface area contributed by atoms with Gasteiger partial charge in [0.15, 0.2) is 6.10 Å². The molecular formula is C52H96NO8P. The summed E-state index contributed by atoms with van der Waals surface area (Å²) >= 11 is 0. The van der Waals surface area contributed by atoms with Gasteiger partial charge < -0.3 is 20.1 Å². The van der Waals surface area contributed by atoms with E-state index in [2.05, 4.69) is 62.5 Å². The monoisotopic (exact) mass is 894 g/mol. The standard InChI is InChI=1S/C52H96NO8P/c1-3-5-7-9-11-13-15-17-19-20-21-22-23-24-25-26-27-28-29-30-31-33-35-37-39-41-43-45-52(55)61-50(49-60-62(56,57)59-47-46-53)48-58-51(54)44-42-40-38-36-34-32-18-16-14-12-10-8-6-4-2/h5,7,11,13,17,19,21-22,50H,3-4,6,8-10,12,14-16,18,20,23-49,53H2,1-2H3,(H,56,57)/b7-5-,13-11-,19-17-,22-21-. The average Bonchev–Trinajstić information content (AvgIpc) is 3.26. The van der Waals surface area contributed by atoms with Crippen LogP contribution in [0.15, 0.2) is 48.6 Å². The second-order valence-corrected chi connectivity index (χ2v) is 18.5. The van der Waals surface area contributed by atoms with Crippen LogP contribution in [0, 0.1) is 0 Å². The fourth-order valence-corrected chi connectivity index (χ4v) is 7.98. The van der Waals surface area contributed by atoms with Crippen molar-refractivity contribution < 1.29 is 37.6 Å². The summed E-state index contributed by atoms with van der Waals surface area (Å²) in [6, 6.07) is 0. The normalized spacial score (nSPS) is 13.5. The van der Waals surface area contributed by atoms with Crippen molar-refractivity contribution in [2.45, 2.75) is 245 Å². The Morgan fingerprint density at radius 2 is 0.887 bits per heavy atom. The minimum atomic E-state index is -4.38. The summed E-state index contributed by atoms with van der Waals surface area (Å²) in [5.74, 6) is -0.820. The van der Waals surface area contributed by atoms with Crippen molar-refractivity contribution in [2.75, 3.05) is 26.4 Å². The van der Waals surface area contributed by atoms with E-state index in [4.69, 9.17) is 24.3 Å². The molecule has 0 aromatic rings. The van der Waals surface area contributed by atoms with Gasteiger partial charge in [0.1, 0.15) is 6.61 Å². The molecule has 0 aromatic heterocycles. The molecule has 10 heteroatoms. The summed E-state index contributed by atoms with van der Waals surface area (Å²) in [7, 11) is -4.38. The Kier molecular flexibility index (Phi) is 46.8. The third-order valence-electron chi connectivity index (χ3n) is 11.0. The average molecular weight is 894 g/mol. The summed E-state index contributed by atoms with van der Waals surface area (Å²) in [5, 5.41) is 0. The van der Waals surface area contributed by atoms with Crippen molar-refractivity contribution in [3.05, 3.63) is 48.6 Å². The molecule has 0 bridgehead atoms. The van der Waals surface area contributed by atoms with E-state index in [9.17, 15) is 19.0 Å². The molecule has 0 rings (SSSR count). The lowest BCUT2D eigenvalue weighted by Gasteiger charge is -2.19. The summed E-state index contributed by atoms with van der Waals surface area (Å²) < 4.78 is 32.9. The highest BCUT2D eigenvalue weighted by atomic mass is 31.2. The predicted octanol–water partition coefficient (Wildman–Crippen LogP) is 15.5. The Hall–Kier alpha value is -2.03. The van der Waals surface area contributed by atoms with E-state index < -0.39 is 26.5 Å². The van der Waals surface area contributed by atoms with E-state index >= 15 is 0 Å². The summed E-state index contributed by atoms with van der Waals surface area (Å²) in [6.07, 6.45) is 57.2. The van der Waals surface area contributed by atoms with Crippen LogP contribution < -0.4 is 5.73 Å². The van der Waals surface area contributed by atoms with E-state index in [0.717, 1.165) is 64.2 Å². The number of esters is 2. The van der Waals surface area contributed by atoms with Crippen LogP contribution in [-0.2, 0) is 32.7 Å². The molecular weight excluding hydrogens is 798 g/mol. The molecule has 0 saturated carbocycles. The van der Waals surface area contributed by atoms with E-state index in [-0.39, 0.29) is 38.6 Å². The lowest BCUT2D eigenvalue weighted by Crippen LogP contribution is -2.29. The summed E-state index contributed by atoms with van der Waals surface area (Å²) in [4.78, 5) is 35.0. The number of unbranched alkanes of at least 4 members (excludes halogenated alkanes) is 27. The Morgan fingerprint density at radius 3 is 1.32 bits per heavy atom. The number of rotatable bonds is 48. The maximum absolute atomic E-state index is 12.7. The minimum absolute atomic E-state index is 0.0541. The quantitative estimate of drug-likeness (QED) is 0.0265. The van der Waals surface area contributed by atoms with Crippen molar-refractivity contribution in [1.82, 2.24) is 0 Å². The van der Waals surface area contributed by atoms with Crippen LogP contribution in [0.3, 0.4) is 0 Å². The zero-order chi connectivity index (χ0) is 45.3. The van der Waals surface area contributed by atoms with Gasteiger partial charge in [-0.3, -0.25) is 18.6 Å². The number of carbonyl (C=O) groups is 2. The number of hydrogen-bond acceptors (Lipinski definition) is 8. The Balaban J connectivity index is 3.97. The molecule has 0 aromatic carbocycles. The van der Waals surface area contributed by atoms with Gasteiger partial charge in [-0.05, 0) is 51.4 Å².